The van der Waals surface area contributed by atoms with Gasteiger partial charge in [-0.05, 0) is 75.8 Å². The Kier molecular flexibility index (Phi) is 6.16. The van der Waals surface area contributed by atoms with Crippen LogP contribution >= 0.6 is 0 Å². The van der Waals surface area contributed by atoms with Crippen molar-refractivity contribution in [2.45, 2.75) is 105 Å². The zero-order chi connectivity index (χ0) is 26.4. The minimum absolute atomic E-state index is 0.0171. The summed E-state index contributed by atoms with van der Waals surface area (Å²) in [7, 11) is 4.20. The predicted octanol–water partition coefficient (Wildman–Crippen LogP) is 5.52. The molecule has 1 aliphatic heterocycles. The fraction of sp³-hybridized carbons (Fsp3) is 0.871. The molecule has 10 atom stereocenters. The van der Waals surface area contributed by atoms with Gasteiger partial charge in [-0.1, -0.05) is 53.2 Å². The second-order valence-electron chi connectivity index (χ2n) is 15.0. The van der Waals surface area contributed by atoms with Crippen LogP contribution in [0.2, 0.25) is 0 Å². The summed E-state index contributed by atoms with van der Waals surface area (Å²) in [6, 6.07) is 0.491. The molecular weight excluding hydrogens is 448 g/mol. The number of fused-ring (bicyclic) bond motifs is 6. The number of ketones is 1. The topological polar surface area (TPSA) is 62.1 Å². The number of hydrogen-bond donors (Lipinski definition) is 1. The van der Waals surface area contributed by atoms with Crippen LogP contribution in [0.25, 0.3) is 0 Å². The van der Waals surface area contributed by atoms with E-state index in [1.807, 2.05) is 0 Å². The minimum atomic E-state index is -0.354. The first-order valence-corrected chi connectivity index (χ1v) is 14.4. The average Bonchev–Trinajstić information content (AvgIpc) is 2.90. The Bertz CT molecular complexity index is 979. The lowest BCUT2D eigenvalue weighted by Gasteiger charge is -2.56. The molecule has 5 nitrogen and oxygen atoms in total. The molecule has 1 heterocycles. The Hall–Kier alpha value is -1.20. The Morgan fingerprint density at radius 1 is 1.17 bits per heavy atom. The van der Waals surface area contributed by atoms with Gasteiger partial charge in [0.1, 0.15) is 5.78 Å². The van der Waals surface area contributed by atoms with Crippen molar-refractivity contribution in [2.24, 2.45) is 50.3 Å². The SMILES string of the molecule is C[C@@H]([C@H]1[C@H](O)C[C@@]2(C)C3CCC4C(=CCC5N=C(C(C)(C)C)OC[C@]54C)CC3C(=O)C[C@]12C)N(C)C. The van der Waals surface area contributed by atoms with E-state index in [0.29, 0.717) is 24.0 Å². The smallest absolute Gasteiger partial charge is 0.189 e. The molecule has 36 heavy (non-hydrogen) atoms. The van der Waals surface area contributed by atoms with Gasteiger partial charge < -0.3 is 14.7 Å². The maximum absolute atomic E-state index is 13.9. The maximum atomic E-state index is 13.9. The number of ether oxygens (including phenoxy) is 1. The number of allylic oxidation sites excluding steroid dienone is 1. The second kappa shape index (κ2) is 8.40. The predicted molar refractivity (Wildman–Crippen MR) is 145 cm³/mol. The standard InChI is InChI=1S/C31H50N2O3/c1-18(33(8)9)26-24(35)16-30(6)22-12-11-21-19(14-20(22)23(34)15-31(26,30)7)10-13-25-29(21,5)17-36-27(32-25)28(2,3)4/h10,18,20-22,24-26,35H,11-17H2,1-9H3/t18-,20?,21?,22?,24+,25?,26-,29-,30-,31+/m0/s1. The third-order valence-electron chi connectivity index (χ3n) is 11.9. The van der Waals surface area contributed by atoms with E-state index in [9.17, 15) is 9.90 Å². The van der Waals surface area contributed by atoms with Crippen LogP contribution in [0.5, 0.6) is 0 Å². The van der Waals surface area contributed by atoms with E-state index in [1.54, 1.807) is 0 Å². The highest BCUT2D eigenvalue weighted by Crippen LogP contribution is 2.69. The molecule has 5 rings (SSSR count). The van der Waals surface area contributed by atoms with Crippen molar-refractivity contribution >= 4 is 11.7 Å². The fourth-order valence-corrected chi connectivity index (χ4v) is 9.49. The molecule has 0 radical (unpaired) electrons. The van der Waals surface area contributed by atoms with Crippen LogP contribution in [0.4, 0.5) is 0 Å². The molecule has 0 bridgehead atoms. The third-order valence-corrected chi connectivity index (χ3v) is 11.9. The number of aliphatic imine (C=N–C) groups is 1. The zero-order valence-electron chi connectivity index (χ0n) is 24.2. The third kappa shape index (κ3) is 3.61. The first-order valence-electron chi connectivity index (χ1n) is 14.4. The van der Waals surface area contributed by atoms with Crippen LogP contribution in [-0.4, -0.2) is 60.6 Å². The molecule has 5 aliphatic rings. The van der Waals surface area contributed by atoms with Crippen LogP contribution < -0.4 is 0 Å². The van der Waals surface area contributed by atoms with E-state index in [4.69, 9.17) is 9.73 Å². The van der Waals surface area contributed by atoms with Crippen LogP contribution in [0.3, 0.4) is 0 Å². The summed E-state index contributed by atoms with van der Waals surface area (Å²) in [6.07, 6.45) is 7.49. The van der Waals surface area contributed by atoms with Gasteiger partial charge in [-0.15, -0.1) is 0 Å². The summed E-state index contributed by atoms with van der Waals surface area (Å²) in [5, 5.41) is 11.4. The molecule has 5 heteroatoms. The van der Waals surface area contributed by atoms with Gasteiger partial charge >= 0.3 is 0 Å². The number of rotatable bonds is 2. The van der Waals surface area contributed by atoms with E-state index < -0.39 is 0 Å². The molecule has 0 aromatic heterocycles. The van der Waals surface area contributed by atoms with Gasteiger partial charge in [0.15, 0.2) is 5.90 Å². The monoisotopic (exact) mass is 498 g/mol. The minimum Gasteiger partial charge on any atom is -0.480 e. The largest absolute Gasteiger partial charge is 0.480 e. The lowest BCUT2D eigenvalue weighted by molar-refractivity contribution is -0.147. The molecule has 0 spiro atoms. The Morgan fingerprint density at radius 2 is 1.86 bits per heavy atom. The van der Waals surface area contributed by atoms with Crippen molar-refractivity contribution < 1.29 is 14.6 Å². The van der Waals surface area contributed by atoms with Gasteiger partial charge in [-0.3, -0.25) is 9.79 Å². The Balaban J connectivity index is 1.48. The van der Waals surface area contributed by atoms with Crippen molar-refractivity contribution in [1.82, 2.24) is 4.90 Å². The number of aliphatic hydroxyl groups excluding tert-OH is 1. The van der Waals surface area contributed by atoms with E-state index >= 15 is 0 Å². The Morgan fingerprint density at radius 3 is 2.50 bits per heavy atom. The van der Waals surface area contributed by atoms with Gasteiger partial charge in [0.05, 0.1) is 18.8 Å². The molecule has 1 N–H and O–H groups in total. The first kappa shape index (κ1) is 26.4. The van der Waals surface area contributed by atoms with E-state index in [-0.39, 0.29) is 51.7 Å². The zero-order valence-corrected chi connectivity index (χ0v) is 24.2. The van der Waals surface area contributed by atoms with Gasteiger partial charge in [-0.2, -0.15) is 0 Å². The van der Waals surface area contributed by atoms with Crippen molar-refractivity contribution in [3.8, 4) is 0 Å². The number of nitrogens with zero attached hydrogens (tertiary/aromatic N) is 2. The highest BCUT2D eigenvalue weighted by Gasteiger charge is 2.68. The summed E-state index contributed by atoms with van der Waals surface area (Å²) >= 11 is 0. The maximum Gasteiger partial charge on any atom is 0.189 e. The second-order valence-corrected chi connectivity index (χ2v) is 15.0. The summed E-state index contributed by atoms with van der Waals surface area (Å²) in [5.74, 6) is 2.27. The van der Waals surface area contributed by atoms with Crippen LogP contribution in [0.1, 0.15) is 87.0 Å². The van der Waals surface area contributed by atoms with Crippen LogP contribution in [0.15, 0.2) is 16.6 Å². The van der Waals surface area contributed by atoms with E-state index in [2.05, 4.69) is 73.5 Å². The average molecular weight is 499 g/mol. The number of Topliss-reactive ketones (excluding diaryl/α,β-unsaturated/α-hetero) is 1. The summed E-state index contributed by atoms with van der Waals surface area (Å²) in [5.41, 5.74) is 1.19. The summed E-state index contributed by atoms with van der Waals surface area (Å²) < 4.78 is 6.34. The van der Waals surface area contributed by atoms with Crippen LogP contribution in [0, 0.1) is 45.3 Å². The molecule has 4 unspecified atom stereocenters. The summed E-state index contributed by atoms with van der Waals surface area (Å²) in [6.45, 7) is 16.6. The van der Waals surface area contributed by atoms with Crippen molar-refractivity contribution in [2.75, 3.05) is 20.7 Å². The van der Waals surface area contributed by atoms with Gasteiger partial charge in [0, 0.05) is 35.1 Å². The van der Waals surface area contributed by atoms with Crippen molar-refractivity contribution in [3.63, 3.8) is 0 Å². The van der Waals surface area contributed by atoms with E-state index in [0.717, 1.165) is 44.6 Å². The van der Waals surface area contributed by atoms with Gasteiger partial charge in [0.2, 0.25) is 0 Å². The fourth-order valence-electron chi connectivity index (χ4n) is 9.49. The molecule has 3 saturated carbocycles. The highest BCUT2D eigenvalue weighted by molar-refractivity contribution is 5.84. The molecule has 0 aromatic carbocycles. The lowest BCUT2D eigenvalue weighted by Crippen LogP contribution is -2.55. The van der Waals surface area contributed by atoms with Crippen molar-refractivity contribution in [1.29, 1.82) is 0 Å². The summed E-state index contributed by atoms with van der Waals surface area (Å²) in [4.78, 5) is 21.3. The first-order chi connectivity index (χ1) is 16.6. The van der Waals surface area contributed by atoms with Crippen molar-refractivity contribution in [3.05, 3.63) is 11.6 Å². The quantitative estimate of drug-likeness (QED) is 0.510. The molecule has 0 aromatic rings. The molecule has 4 aliphatic carbocycles. The van der Waals surface area contributed by atoms with Gasteiger partial charge in [-0.25, -0.2) is 0 Å². The number of carbonyl (C=O) groups excluding carboxylic acids is 1. The van der Waals surface area contributed by atoms with E-state index in [1.165, 1.54) is 5.57 Å². The molecule has 0 saturated heterocycles. The van der Waals surface area contributed by atoms with Gasteiger partial charge in [0.25, 0.3) is 0 Å². The molecule has 0 amide bonds. The number of aliphatic hydroxyl groups is 1. The molecule has 3 fully saturated rings. The molecule has 202 valence electrons. The molecular formula is C31H50N2O3. The lowest BCUT2D eigenvalue weighted by atomic mass is 9.48. The normalized spacial score (nSPS) is 47.5. The van der Waals surface area contributed by atoms with Crippen LogP contribution in [-0.2, 0) is 9.53 Å². The number of hydrogen-bond acceptors (Lipinski definition) is 5. The Labute approximate surface area is 219 Å². The number of carbonyl (C=O) groups is 1. The highest BCUT2D eigenvalue weighted by atomic mass is 16.5.